The van der Waals surface area contributed by atoms with Crippen LogP contribution in [0.15, 0.2) is 18.3 Å². The molecule has 0 spiro atoms. The lowest BCUT2D eigenvalue weighted by atomic mass is 9.93. The van der Waals surface area contributed by atoms with Gasteiger partial charge in [-0.3, -0.25) is 0 Å². The van der Waals surface area contributed by atoms with Crippen molar-refractivity contribution >= 4 is 5.82 Å². The summed E-state index contributed by atoms with van der Waals surface area (Å²) in [5.41, 5.74) is 0. The van der Waals surface area contributed by atoms with E-state index < -0.39 is 0 Å². The van der Waals surface area contributed by atoms with Gasteiger partial charge in [0.15, 0.2) is 11.6 Å². The van der Waals surface area contributed by atoms with E-state index in [9.17, 15) is 0 Å². The van der Waals surface area contributed by atoms with Crippen molar-refractivity contribution in [2.75, 3.05) is 25.1 Å². The number of aromatic nitrogens is 1. The van der Waals surface area contributed by atoms with Crippen LogP contribution in [-0.4, -0.2) is 30.8 Å². The van der Waals surface area contributed by atoms with E-state index in [0.29, 0.717) is 12.0 Å². The third-order valence-electron chi connectivity index (χ3n) is 3.57. The number of pyridine rings is 1. The van der Waals surface area contributed by atoms with Crippen molar-refractivity contribution in [3.8, 4) is 5.75 Å². The molecule has 0 bridgehead atoms. The molecule has 0 amide bonds. The molecule has 1 aromatic heterocycles. The maximum absolute atomic E-state index is 5.72. The fourth-order valence-electron chi connectivity index (χ4n) is 2.38. The molecule has 2 rings (SSSR count). The highest BCUT2D eigenvalue weighted by atomic mass is 16.5. The first-order valence-electron chi connectivity index (χ1n) is 7.23. The van der Waals surface area contributed by atoms with Crippen LogP contribution in [0, 0.1) is 5.92 Å². The molecule has 1 N–H and O–H groups in total. The molecule has 0 radical (unpaired) electrons. The zero-order valence-corrected chi connectivity index (χ0v) is 11.9. The first-order chi connectivity index (χ1) is 9.31. The normalized spacial score (nSPS) is 18.0. The Bertz CT molecular complexity index is 378. The average Bonchev–Trinajstić information content (AvgIpc) is 2.47. The van der Waals surface area contributed by atoms with Gasteiger partial charge < -0.3 is 14.8 Å². The Labute approximate surface area is 115 Å². The summed E-state index contributed by atoms with van der Waals surface area (Å²) in [6.07, 6.45) is 5.04. The van der Waals surface area contributed by atoms with E-state index in [0.717, 1.165) is 50.7 Å². The van der Waals surface area contributed by atoms with Gasteiger partial charge in [0, 0.05) is 25.5 Å². The SMILES string of the molecule is CCCOc1cccnc1NC(C)C1CCOCC1. The van der Waals surface area contributed by atoms with Crippen molar-refractivity contribution < 1.29 is 9.47 Å². The van der Waals surface area contributed by atoms with Gasteiger partial charge in [-0.1, -0.05) is 6.92 Å². The van der Waals surface area contributed by atoms with Crippen LogP contribution in [-0.2, 0) is 4.74 Å². The van der Waals surface area contributed by atoms with Crippen LogP contribution in [0.4, 0.5) is 5.82 Å². The summed E-state index contributed by atoms with van der Waals surface area (Å²) in [6.45, 7) is 6.80. The summed E-state index contributed by atoms with van der Waals surface area (Å²) in [7, 11) is 0. The van der Waals surface area contributed by atoms with Crippen molar-refractivity contribution in [2.45, 2.75) is 39.2 Å². The van der Waals surface area contributed by atoms with Gasteiger partial charge in [0.25, 0.3) is 0 Å². The number of nitrogens with zero attached hydrogens (tertiary/aromatic N) is 1. The van der Waals surface area contributed by atoms with Gasteiger partial charge in [-0.2, -0.15) is 0 Å². The molecule has 1 unspecified atom stereocenters. The molecule has 1 aliphatic rings. The van der Waals surface area contributed by atoms with Crippen molar-refractivity contribution in [1.82, 2.24) is 4.98 Å². The van der Waals surface area contributed by atoms with Crippen LogP contribution in [0.2, 0.25) is 0 Å². The summed E-state index contributed by atoms with van der Waals surface area (Å²) in [6, 6.07) is 4.28. The summed E-state index contributed by atoms with van der Waals surface area (Å²) in [4.78, 5) is 4.40. The Hall–Kier alpha value is -1.29. The molecule has 0 aliphatic carbocycles. The zero-order valence-electron chi connectivity index (χ0n) is 11.9. The molecule has 4 nitrogen and oxygen atoms in total. The summed E-state index contributed by atoms with van der Waals surface area (Å²) < 4.78 is 11.1. The highest BCUT2D eigenvalue weighted by Crippen LogP contribution is 2.26. The van der Waals surface area contributed by atoms with Gasteiger partial charge in [0.1, 0.15) is 0 Å². The third-order valence-corrected chi connectivity index (χ3v) is 3.57. The van der Waals surface area contributed by atoms with E-state index >= 15 is 0 Å². The summed E-state index contributed by atoms with van der Waals surface area (Å²) in [5, 5.41) is 3.50. The summed E-state index contributed by atoms with van der Waals surface area (Å²) in [5.74, 6) is 2.35. The van der Waals surface area contributed by atoms with Crippen LogP contribution >= 0.6 is 0 Å². The van der Waals surface area contributed by atoms with E-state index in [1.165, 1.54) is 0 Å². The van der Waals surface area contributed by atoms with Gasteiger partial charge in [0.2, 0.25) is 0 Å². The molecule has 1 saturated heterocycles. The van der Waals surface area contributed by atoms with E-state index in [1.807, 2.05) is 12.1 Å². The fraction of sp³-hybridized carbons (Fsp3) is 0.667. The lowest BCUT2D eigenvalue weighted by Gasteiger charge is -2.29. The highest BCUT2D eigenvalue weighted by molar-refractivity contribution is 5.50. The van der Waals surface area contributed by atoms with Gasteiger partial charge in [-0.25, -0.2) is 4.98 Å². The van der Waals surface area contributed by atoms with Crippen LogP contribution in [0.5, 0.6) is 5.75 Å². The quantitative estimate of drug-likeness (QED) is 0.857. The number of anilines is 1. The Morgan fingerprint density at radius 3 is 3.00 bits per heavy atom. The van der Waals surface area contributed by atoms with Crippen LogP contribution in [0.3, 0.4) is 0 Å². The number of hydrogen-bond acceptors (Lipinski definition) is 4. The molecular formula is C15H24N2O2. The molecular weight excluding hydrogens is 240 g/mol. The van der Waals surface area contributed by atoms with Crippen LogP contribution in [0.1, 0.15) is 33.1 Å². The predicted octanol–water partition coefficient (Wildman–Crippen LogP) is 3.10. The Kier molecular flexibility index (Phi) is 5.45. The Morgan fingerprint density at radius 1 is 1.47 bits per heavy atom. The second-order valence-electron chi connectivity index (χ2n) is 5.08. The molecule has 2 heterocycles. The molecule has 4 heteroatoms. The molecule has 106 valence electrons. The monoisotopic (exact) mass is 264 g/mol. The minimum Gasteiger partial charge on any atom is -0.490 e. The maximum atomic E-state index is 5.72. The number of nitrogens with one attached hydrogen (secondary N) is 1. The summed E-state index contributed by atoms with van der Waals surface area (Å²) >= 11 is 0. The highest BCUT2D eigenvalue weighted by Gasteiger charge is 2.21. The van der Waals surface area contributed by atoms with Gasteiger partial charge >= 0.3 is 0 Å². The predicted molar refractivity (Wildman–Crippen MR) is 76.7 cm³/mol. The number of rotatable bonds is 6. The minimum absolute atomic E-state index is 0.391. The van der Waals surface area contributed by atoms with E-state index in [4.69, 9.17) is 9.47 Å². The second kappa shape index (κ2) is 7.34. The molecule has 1 aliphatic heterocycles. The standard InChI is InChI=1S/C15H24N2O2/c1-3-9-19-14-5-4-8-16-15(14)17-12(2)13-6-10-18-11-7-13/h4-5,8,12-13H,3,6-7,9-11H2,1-2H3,(H,16,17). The van der Waals surface area contributed by atoms with Crippen LogP contribution in [0.25, 0.3) is 0 Å². The fourth-order valence-corrected chi connectivity index (χ4v) is 2.38. The first-order valence-corrected chi connectivity index (χ1v) is 7.23. The number of hydrogen-bond donors (Lipinski definition) is 1. The van der Waals surface area contributed by atoms with Gasteiger partial charge in [-0.15, -0.1) is 0 Å². The molecule has 0 aromatic carbocycles. The minimum atomic E-state index is 0.391. The van der Waals surface area contributed by atoms with Crippen LogP contribution < -0.4 is 10.1 Å². The van der Waals surface area contributed by atoms with Crippen molar-refractivity contribution in [2.24, 2.45) is 5.92 Å². The first kappa shape index (κ1) is 14.1. The van der Waals surface area contributed by atoms with Gasteiger partial charge in [-0.05, 0) is 44.2 Å². The lowest BCUT2D eigenvalue weighted by Crippen LogP contribution is -2.31. The van der Waals surface area contributed by atoms with E-state index in [1.54, 1.807) is 6.20 Å². The molecule has 0 saturated carbocycles. The molecule has 19 heavy (non-hydrogen) atoms. The lowest BCUT2D eigenvalue weighted by molar-refractivity contribution is 0.0622. The van der Waals surface area contributed by atoms with Crippen molar-refractivity contribution in [1.29, 1.82) is 0 Å². The zero-order chi connectivity index (χ0) is 13.5. The number of ether oxygens (including phenoxy) is 2. The topological polar surface area (TPSA) is 43.4 Å². The maximum Gasteiger partial charge on any atom is 0.168 e. The molecule has 1 aromatic rings. The largest absolute Gasteiger partial charge is 0.490 e. The van der Waals surface area contributed by atoms with Crippen molar-refractivity contribution in [3.63, 3.8) is 0 Å². The van der Waals surface area contributed by atoms with Gasteiger partial charge in [0.05, 0.1) is 6.61 Å². The van der Waals surface area contributed by atoms with E-state index in [2.05, 4.69) is 24.1 Å². The Morgan fingerprint density at radius 2 is 2.26 bits per heavy atom. The Balaban J connectivity index is 1.96. The second-order valence-corrected chi connectivity index (χ2v) is 5.08. The molecule has 1 atom stereocenters. The molecule has 1 fully saturated rings. The van der Waals surface area contributed by atoms with Crippen molar-refractivity contribution in [3.05, 3.63) is 18.3 Å². The average molecular weight is 264 g/mol. The third kappa shape index (κ3) is 4.10. The smallest absolute Gasteiger partial charge is 0.168 e. The van der Waals surface area contributed by atoms with E-state index in [-0.39, 0.29) is 0 Å².